The molecule has 0 aliphatic heterocycles. The maximum Gasteiger partial charge on any atom is 0.147 e. The molecular weight excluding hydrogens is 250 g/mol. The predicted molar refractivity (Wildman–Crippen MR) is 64.5 cm³/mol. The van der Waals surface area contributed by atoms with Crippen LogP contribution in [0.2, 0.25) is 0 Å². The summed E-state index contributed by atoms with van der Waals surface area (Å²) in [7, 11) is 0. The second-order valence-corrected chi connectivity index (χ2v) is 3.85. The zero-order valence-corrected chi connectivity index (χ0v) is 9.66. The Hall–Kier alpha value is -2.63. The molecule has 0 amide bonds. The molecule has 0 radical (unpaired) electrons. The average molecular weight is 258 g/mol. The lowest BCUT2D eigenvalue weighted by molar-refractivity contribution is 0.584. The van der Waals surface area contributed by atoms with Crippen molar-refractivity contribution in [3.8, 4) is 17.1 Å². The molecule has 3 rings (SSSR count). The molecule has 0 saturated heterocycles. The van der Waals surface area contributed by atoms with E-state index in [0.29, 0.717) is 11.5 Å². The summed E-state index contributed by atoms with van der Waals surface area (Å²) in [6.07, 6.45) is 6.28. The van der Waals surface area contributed by atoms with Crippen LogP contribution in [0.1, 0.15) is 0 Å². The molecule has 3 aromatic rings. The van der Waals surface area contributed by atoms with Crippen LogP contribution in [0.5, 0.6) is 0 Å². The van der Waals surface area contributed by atoms with E-state index in [2.05, 4.69) is 15.2 Å². The Morgan fingerprint density at radius 2 is 1.89 bits per heavy atom. The number of imidazole rings is 1. The van der Waals surface area contributed by atoms with Crippen LogP contribution in [0, 0.1) is 11.6 Å². The lowest BCUT2D eigenvalue weighted by Gasteiger charge is -2.07. The molecule has 6 heteroatoms. The van der Waals surface area contributed by atoms with E-state index in [1.54, 1.807) is 23.0 Å². The van der Waals surface area contributed by atoms with Gasteiger partial charge in [-0.1, -0.05) is 0 Å². The smallest absolute Gasteiger partial charge is 0.147 e. The number of benzene rings is 1. The zero-order chi connectivity index (χ0) is 13.2. The molecule has 0 spiro atoms. The Kier molecular flexibility index (Phi) is 2.75. The SMILES string of the molecule is Fc1ccc(-c2nccn2-c2ccnnc2)c(F)c1. The third-order valence-electron chi connectivity index (χ3n) is 2.66. The second-order valence-electron chi connectivity index (χ2n) is 3.85. The van der Waals surface area contributed by atoms with E-state index in [1.165, 1.54) is 24.5 Å². The van der Waals surface area contributed by atoms with Crippen LogP contribution in [0.25, 0.3) is 17.1 Å². The fourth-order valence-electron chi connectivity index (χ4n) is 1.81. The molecule has 0 N–H and O–H groups in total. The van der Waals surface area contributed by atoms with Gasteiger partial charge >= 0.3 is 0 Å². The van der Waals surface area contributed by atoms with E-state index in [0.717, 1.165) is 6.07 Å². The van der Waals surface area contributed by atoms with Gasteiger partial charge in [0.25, 0.3) is 0 Å². The molecule has 0 saturated carbocycles. The molecule has 0 aliphatic carbocycles. The van der Waals surface area contributed by atoms with Gasteiger partial charge in [0.15, 0.2) is 0 Å². The fraction of sp³-hybridized carbons (Fsp3) is 0. The van der Waals surface area contributed by atoms with Crippen LogP contribution >= 0.6 is 0 Å². The van der Waals surface area contributed by atoms with Crippen LogP contribution in [0.15, 0.2) is 49.1 Å². The van der Waals surface area contributed by atoms with Crippen LogP contribution in [0.3, 0.4) is 0 Å². The molecule has 2 aromatic heterocycles. The van der Waals surface area contributed by atoms with Crippen molar-refractivity contribution in [1.29, 1.82) is 0 Å². The van der Waals surface area contributed by atoms with Gasteiger partial charge in [-0.3, -0.25) is 4.57 Å². The van der Waals surface area contributed by atoms with Gasteiger partial charge in [0.05, 0.1) is 23.6 Å². The fourth-order valence-corrected chi connectivity index (χ4v) is 1.81. The standard InChI is InChI=1S/C13H8F2N4/c14-9-1-2-11(12(15)7-9)13-16-5-6-19(13)10-3-4-17-18-8-10/h1-8H. The van der Waals surface area contributed by atoms with Gasteiger partial charge in [-0.2, -0.15) is 10.2 Å². The summed E-state index contributed by atoms with van der Waals surface area (Å²) in [4.78, 5) is 4.11. The molecule has 4 nitrogen and oxygen atoms in total. The van der Waals surface area contributed by atoms with E-state index in [-0.39, 0.29) is 5.56 Å². The van der Waals surface area contributed by atoms with Crippen LogP contribution in [-0.4, -0.2) is 19.7 Å². The first-order valence-electron chi connectivity index (χ1n) is 5.51. The molecule has 94 valence electrons. The first kappa shape index (κ1) is 11.5. The second kappa shape index (κ2) is 4.56. The normalized spacial score (nSPS) is 10.6. The third-order valence-corrected chi connectivity index (χ3v) is 2.66. The van der Waals surface area contributed by atoms with Gasteiger partial charge in [-0.25, -0.2) is 13.8 Å². The lowest BCUT2D eigenvalue weighted by atomic mass is 10.2. The largest absolute Gasteiger partial charge is 0.298 e. The van der Waals surface area contributed by atoms with Gasteiger partial charge in [0.2, 0.25) is 0 Å². The zero-order valence-electron chi connectivity index (χ0n) is 9.66. The summed E-state index contributed by atoms with van der Waals surface area (Å²) in [6.45, 7) is 0. The van der Waals surface area contributed by atoms with E-state index in [9.17, 15) is 8.78 Å². The summed E-state index contributed by atoms with van der Waals surface area (Å²) < 4.78 is 28.4. The molecule has 0 fully saturated rings. The predicted octanol–water partition coefficient (Wildman–Crippen LogP) is 2.61. The van der Waals surface area contributed by atoms with E-state index in [1.807, 2.05) is 0 Å². The van der Waals surface area contributed by atoms with Crippen LogP contribution in [-0.2, 0) is 0 Å². The van der Waals surface area contributed by atoms with Crippen LogP contribution < -0.4 is 0 Å². The first-order chi connectivity index (χ1) is 9.25. The summed E-state index contributed by atoms with van der Waals surface area (Å²) >= 11 is 0. The van der Waals surface area contributed by atoms with Crippen molar-refractivity contribution in [2.24, 2.45) is 0 Å². The van der Waals surface area contributed by atoms with Crippen molar-refractivity contribution in [3.63, 3.8) is 0 Å². The maximum atomic E-state index is 13.8. The topological polar surface area (TPSA) is 43.6 Å². The van der Waals surface area contributed by atoms with Gasteiger partial charge in [-0.15, -0.1) is 0 Å². The van der Waals surface area contributed by atoms with Crippen molar-refractivity contribution in [2.75, 3.05) is 0 Å². The summed E-state index contributed by atoms with van der Waals surface area (Å²) in [5, 5.41) is 7.44. The molecule has 0 unspecified atom stereocenters. The summed E-state index contributed by atoms with van der Waals surface area (Å²) in [6, 6.07) is 5.11. The number of aromatic nitrogens is 4. The Balaban J connectivity index is 2.15. The molecule has 0 atom stereocenters. The molecule has 2 heterocycles. The van der Waals surface area contributed by atoms with Crippen molar-refractivity contribution in [3.05, 3.63) is 60.7 Å². The highest BCUT2D eigenvalue weighted by Gasteiger charge is 2.13. The van der Waals surface area contributed by atoms with Gasteiger partial charge < -0.3 is 0 Å². The van der Waals surface area contributed by atoms with Crippen molar-refractivity contribution in [2.45, 2.75) is 0 Å². The Bertz CT molecular complexity index is 710. The van der Waals surface area contributed by atoms with Crippen molar-refractivity contribution < 1.29 is 8.78 Å². The minimum Gasteiger partial charge on any atom is -0.298 e. The Morgan fingerprint density at radius 1 is 1.00 bits per heavy atom. The van der Waals surface area contributed by atoms with Crippen LogP contribution in [0.4, 0.5) is 8.78 Å². The van der Waals surface area contributed by atoms with Gasteiger partial charge in [-0.05, 0) is 18.2 Å². The molecule has 19 heavy (non-hydrogen) atoms. The van der Waals surface area contributed by atoms with E-state index in [4.69, 9.17) is 0 Å². The molecule has 1 aromatic carbocycles. The molecular formula is C13H8F2N4. The quantitative estimate of drug-likeness (QED) is 0.709. The van der Waals surface area contributed by atoms with E-state index >= 15 is 0 Å². The lowest BCUT2D eigenvalue weighted by Crippen LogP contribution is -1.99. The number of halogens is 2. The Morgan fingerprint density at radius 3 is 2.63 bits per heavy atom. The highest BCUT2D eigenvalue weighted by Crippen LogP contribution is 2.24. The van der Waals surface area contributed by atoms with Gasteiger partial charge in [0.1, 0.15) is 17.5 Å². The summed E-state index contributed by atoms with van der Waals surface area (Å²) in [5.41, 5.74) is 0.925. The van der Waals surface area contributed by atoms with Crippen molar-refractivity contribution >= 4 is 0 Å². The average Bonchev–Trinajstić information content (AvgIpc) is 2.89. The maximum absolute atomic E-state index is 13.8. The third kappa shape index (κ3) is 2.08. The number of nitrogens with zero attached hydrogens (tertiary/aromatic N) is 4. The summed E-state index contributed by atoms with van der Waals surface area (Å²) in [5.74, 6) is -0.898. The Labute approximate surface area is 107 Å². The minimum absolute atomic E-state index is 0.225. The number of rotatable bonds is 2. The first-order valence-corrected chi connectivity index (χ1v) is 5.51. The van der Waals surface area contributed by atoms with Gasteiger partial charge in [0, 0.05) is 18.5 Å². The monoisotopic (exact) mass is 258 g/mol. The minimum atomic E-state index is -0.658. The van der Waals surface area contributed by atoms with Crippen molar-refractivity contribution in [1.82, 2.24) is 19.7 Å². The number of hydrogen-bond donors (Lipinski definition) is 0. The highest BCUT2D eigenvalue weighted by atomic mass is 19.1. The number of hydrogen-bond acceptors (Lipinski definition) is 3. The molecule has 0 aliphatic rings. The highest BCUT2D eigenvalue weighted by molar-refractivity contribution is 5.59. The molecule has 0 bridgehead atoms. The van der Waals surface area contributed by atoms with E-state index < -0.39 is 11.6 Å².